The minimum Gasteiger partial charge on any atom is -0.262 e. The summed E-state index contributed by atoms with van der Waals surface area (Å²) in [5.74, 6) is 0. The van der Waals surface area contributed by atoms with Crippen molar-refractivity contribution >= 4 is 11.8 Å². The summed E-state index contributed by atoms with van der Waals surface area (Å²) < 4.78 is 0. The van der Waals surface area contributed by atoms with Gasteiger partial charge in [-0.05, 0) is 25.0 Å². The third-order valence-corrected chi connectivity index (χ3v) is 1.84. The molecule has 1 aromatic carbocycles. The fraction of sp³-hybridized carbons (Fsp3) is 0.154. The Labute approximate surface area is 85.5 Å². The first-order chi connectivity index (χ1) is 6.74. The van der Waals surface area contributed by atoms with Crippen LogP contribution in [0.4, 0.5) is 0 Å². The molecule has 72 valence electrons. The quantitative estimate of drug-likeness (QED) is 0.637. The number of benzene rings is 1. The number of hydrogen-bond donors (Lipinski definition) is 0. The van der Waals surface area contributed by atoms with E-state index in [2.05, 4.69) is 23.7 Å². The first kappa shape index (κ1) is 10.5. The molecule has 0 aromatic heterocycles. The summed E-state index contributed by atoms with van der Waals surface area (Å²) >= 11 is 0. The van der Waals surface area contributed by atoms with Gasteiger partial charge in [0, 0.05) is 11.9 Å². The molecule has 1 aromatic rings. The van der Waals surface area contributed by atoms with Crippen LogP contribution in [0.5, 0.6) is 0 Å². The molecule has 1 rings (SSSR count). The lowest BCUT2D eigenvalue weighted by molar-refractivity contribution is 1.34. The predicted molar refractivity (Wildman–Crippen MR) is 63.4 cm³/mol. The maximum atomic E-state index is 4.18. The molecule has 0 aliphatic rings. The number of allylic oxidation sites excluding steroid dienone is 3. The Morgan fingerprint density at radius 2 is 1.93 bits per heavy atom. The van der Waals surface area contributed by atoms with Crippen LogP contribution in [0, 0.1) is 0 Å². The Kier molecular flexibility index (Phi) is 3.86. The molecule has 0 heterocycles. The normalized spacial score (nSPS) is 12.0. The molecule has 0 amide bonds. The van der Waals surface area contributed by atoms with Crippen molar-refractivity contribution in [3.63, 3.8) is 0 Å². The van der Waals surface area contributed by atoms with E-state index in [9.17, 15) is 0 Å². The second-order valence-electron chi connectivity index (χ2n) is 3.10. The van der Waals surface area contributed by atoms with E-state index < -0.39 is 0 Å². The molecule has 0 bridgehead atoms. The maximum Gasteiger partial charge on any atom is 0.0345 e. The SMILES string of the molecule is C=C(C)N=C/C(=C\C)c1ccccc1. The summed E-state index contributed by atoms with van der Waals surface area (Å²) in [6, 6.07) is 10.2. The Morgan fingerprint density at radius 1 is 1.29 bits per heavy atom. The number of aliphatic imine (C=N–C) groups is 1. The summed E-state index contributed by atoms with van der Waals surface area (Å²) in [4.78, 5) is 4.18. The van der Waals surface area contributed by atoms with E-state index >= 15 is 0 Å². The zero-order chi connectivity index (χ0) is 10.4. The average molecular weight is 185 g/mol. The van der Waals surface area contributed by atoms with Gasteiger partial charge in [-0.25, -0.2) is 0 Å². The lowest BCUT2D eigenvalue weighted by atomic mass is 10.1. The van der Waals surface area contributed by atoms with Crippen LogP contribution in [0.15, 0.2) is 53.7 Å². The summed E-state index contributed by atoms with van der Waals surface area (Å²) in [7, 11) is 0. The van der Waals surface area contributed by atoms with E-state index in [1.54, 1.807) is 0 Å². The van der Waals surface area contributed by atoms with Crippen molar-refractivity contribution in [2.45, 2.75) is 13.8 Å². The van der Waals surface area contributed by atoms with Crippen molar-refractivity contribution in [2.75, 3.05) is 0 Å². The largest absolute Gasteiger partial charge is 0.262 e. The molecule has 0 saturated heterocycles. The van der Waals surface area contributed by atoms with Crippen LogP contribution < -0.4 is 0 Å². The Balaban J connectivity index is 2.90. The number of rotatable bonds is 3. The van der Waals surface area contributed by atoms with Gasteiger partial charge in [0.15, 0.2) is 0 Å². The van der Waals surface area contributed by atoms with Crippen LogP contribution in [0.3, 0.4) is 0 Å². The van der Waals surface area contributed by atoms with E-state index in [0.29, 0.717) is 0 Å². The molecular weight excluding hydrogens is 170 g/mol. The second kappa shape index (κ2) is 5.18. The van der Waals surface area contributed by atoms with E-state index in [4.69, 9.17) is 0 Å². The molecule has 0 atom stereocenters. The lowest BCUT2D eigenvalue weighted by Gasteiger charge is -2.00. The molecule has 1 heteroatoms. The van der Waals surface area contributed by atoms with Gasteiger partial charge in [-0.2, -0.15) is 0 Å². The van der Waals surface area contributed by atoms with Crippen molar-refractivity contribution in [3.05, 3.63) is 54.2 Å². The highest BCUT2D eigenvalue weighted by Gasteiger charge is 1.94. The highest BCUT2D eigenvalue weighted by Crippen LogP contribution is 2.11. The smallest absolute Gasteiger partial charge is 0.0345 e. The molecular formula is C13H15N. The second-order valence-corrected chi connectivity index (χ2v) is 3.10. The molecule has 0 spiro atoms. The third-order valence-electron chi connectivity index (χ3n) is 1.84. The predicted octanol–water partition coefficient (Wildman–Crippen LogP) is 3.69. The van der Waals surface area contributed by atoms with Crippen molar-refractivity contribution in [1.29, 1.82) is 0 Å². The average Bonchev–Trinajstić information content (AvgIpc) is 2.20. The Bertz CT molecular complexity index is 358. The van der Waals surface area contributed by atoms with Crippen molar-refractivity contribution in [3.8, 4) is 0 Å². The maximum absolute atomic E-state index is 4.18. The van der Waals surface area contributed by atoms with Gasteiger partial charge in [0.2, 0.25) is 0 Å². The minimum absolute atomic E-state index is 0.820. The summed E-state index contributed by atoms with van der Waals surface area (Å²) in [5.41, 5.74) is 3.12. The van der Waals surface area contributed by atoms with Crippen LogP contribution in [0.25, 0.3) is 5.57 Å². The summed E-state index contributed by atoms with van der Waals surface area (Å²) in [5, 5.41) is 0. The van der Waals surface area contributed by atoms with Gasteiger partial charge in [0.25, 0.3) is 0 Å². The van der Waals surface area contributed by atoms with Gasteiger partial charge in [-0.15, -0.1) is 0 Å². The van der Waals surface area contributed by atoms with Crippen molar-refractivity contribution < 1.29 is 0 Å². The topological polar surface area (TPSA) is 12.4 Å². The summed E-state index contributed by atoms with van der Waals surface area (Å²) in [6.07, 6.45) is 3.89. The molecule has 0 radical (unpaired) electrons. The first-order valence-corrected chi connectivity index (χ1v) is 4.65. The molecule has 14 heavy (non-hydrogen) atoms. The van der Waals surface area contributed by atoms with Crippen molar-refractivity contribution in [2.24, 2.45) is 4.99 Å². The molecule has 0 fully saturated rings. The Hall–Kier alpha value is -1.63. The van der Waals surface area contributed by atoms with Crippen LogP contribution in [0.1, 0.15) is 19.4 Å². The standard InChI is InChI=1S/C13H15N/c1-4-12(10-14-11(2)3)13-8-6-5-7-9-13/h4-10H,2H2,1,3H3/b12-4+,14-10?. The molecule has 0 unspecified atom stereocenters. The fourth-order valence-electron chi connectivity index (χ4n) is 1.13. The fourth-order valence-corrected chi connectivity index (χ4v) is 1.13. The monoisotopic (exact) mass is 185 g/mol. The van der Waals surface area contributed by atoms with Crippen LogP contribution in [-0.2, 0) is 0 Å². The third kappa shape index (κ3) is 3.02. The molecule has 0 aliphatic heterocycles. The Morgan fingerprint density at radius 3 is 2.43 bits per heavy atom. The van der Waals surface area contributed by atoms with Gasteiger partial charge in [0.1, 0.15) is 0 Å². The van der Waals surface area contributed by atoms with Crippen LogP contribution in [0.2, 0.25) is 0 Å². The van der Waals surface area contributed by atoms with Gasteiger partial charge >= 0.3 is 0 Å². The van der Waals surface area contributed by atoms with Gasteiger partial charge in [-0.3, -0.25) is 4.99 Å². The number of nitrogens with zero attached hydrogens (tertiary/aromatic N) is 1. The molecule has 0 aliphatic carbocycles. The summed E-state index contributed by atoms with van der Waals surface area (Å²) in [6.45, 7) is 7.62. The lowest BCUT2D eigenvalue weighted by Crippen LogP contribution is -1.84. The van der Waals surface area contributed by atoms with Crippen LogP contribution >= 0.6 is 0 Å². The van der Waals surface area contributed by atoms with Gasteiger partial charge in [-0.1, -0.05) is 43.0 Å². The molecule has 0 saturated carbocycles. The zero-order valence-corrected chi connectivity index (χ0v) is 8.70. The van der Waals surface area contributed by atoms with Crippen molar-refractivity contribution in [1.82, 2.24) is 0 Å². The first-order valence-electron chi connectivity index (χ1n) is 4.65. The zero-order valence-electron chi connectivity index (χ0n) is 8.70. The van der Waals surface area contributed by atoms with Crippen LogP contribution in [-0.4, -0.2) is 6.21 Å². The van der Waals surface area contributed by atoms with Gasteiger partial charge in [0.05, 0.1) is 0 Å². The molecule has 0 N–H and O–H groups in total. The van der Waals surface area contributed by atoms with E-state index in [1.807, 2.05) is 44.3 Å². The highest BCUT2D eigenvalue weighted by molar-refractivity contribution is 6.09. The highest BCUT2D eigenvalue weighted by atomic mass is 14.7. The van der Waals surface area contributed by atoms with E-state index in [0.717, 1.165) is 11.3 Å². The minimum atomic E-state index is 0.820. The molecule has 1 nitrogen and oxygen atoms in total. The van der Waals surface area contributed by atoms with Gasteiger partial charge < -0.3 is 0 Å². The number of hydrogen-bond acceptors (Lipinski definition) is 1. The van der Waals surface area contributed by atoms with E-state index in [-0.39, 0.29) is 0 Å². The van der Waals surface area contributed by atoms with E-state index in [1.165, 1.54) is 5.56 Å².